The van der Waals surface area contributed by atoms with E-state index in [4.69, 9.17) is 21.1 Å². The number of benzene rings is 1. The molecule has 4 heteroatoms. The van der Waals surface area contributed by atoms with E-state index in [1.807, 2.05) is 6.07 Å². The highest BCUT2D eigenvalue weighted by atomic mass is 79.9. The van der Waals surface area contributed by atoms with Crippen LogP contribution in [-0.4, -0.2) is 14.2 Å². The molecule has 0 heterocycles. The summed E-state index contributed by atoms with van der Waals surface area (Å²) in [4.78, 5) is 0.286. The standard InChI is InChI=1S/C16H22BrClO2/c1-10-4-6-11(7-5-10)14(17)12-8-9-13(19-2)15(18)16(12)20-3/h8-11,14H,4-7H2,1-3H3. The molecule has 1 aliphatic carbocycles. The van der Waals surface area contributed by atoms with Crippen LogP contribution >= 0.6 is 27.5 Å². The lowest BCUT2D eigenvalue weighted by Gasteiger charge is -2.30. The van der Waals surface area contributed by atoms with Crippen LogP contribution < -0.4 is 9.47 Å². The lowest BCUT2D eigenvalue weighted by molar-refractivity contribution is 0.285. The zero-order valence-corrected chi connectivity index (χ0v) is 14.6. The maximum absolute atomic E-state index is 6.35. The summed E-state index contributed by atoms with van der Waals surface area (Å²) in [5, 5.41) is 0.557. The quantitative estimate of drug-likeness (QED) is 0.648. The molecule has 1 fully saturated rings. The summed E-state index contributed by atoms with van der Waals surface area (Å²) in [6.07, 6.45) is 5.12. The van der Waals surface area contributed by atoms with Crippen molar-refractivity contribution < 1.29 is 9.47 Å². The van der Waals surface area contributed by atoms with E-state index in [2.05, 4.69) is 28.9 Å². The number of halogens is 2. The van der Waals surface area contributed by atoms with Gasteiger partial charge in [-0.25, -0.2) is 0 Å². The maximum Gasteiger partial charge on any atom is 0.145 e. The molecule has 20 heavy (non-hydrogen) atoms. The molecule has 0 aliphatic heterocycles. The molecule has 2 nitrogen and oxygen atoms in total. The van der Waals surface area contributed by atoms with Crippen molar-refractivity contribution in [1.29, 1.82) is 0 Å². The first-order valence-electron chi connectivity index (χ1n) is 7.12. The monoisotopic (exact) mass is 360 g/mol. The van der Waals surface area contributed by atoms with Crippen molar-refractivity contribution in [2.75, 3.05) is 14.2 Å². The fraction of sp³-hybridized carbons (Fsp3) is 0.625. The number of methoxy groups -OCH3 is 2. The highest BCUT2D eigenvalue weighted by Crippen LogP contribution is 2.47. The molecule has 0 aromatic heterocycles. The zero-order chi connectivity index (χ0) is 14.7. The second kappa shape index (κ2) is 7.04. The van der Waals surface area contributed by atoms with Crippen molar-refractivity contribution in [3.8, 4) is 11.5 Å². The largest absolute Gasteiger partial charge is 0.495 e. The van der Waals surface area contributed by atoms with E-state index < -0.39 is 0 Å². The summed E-state index contributed by atoms with van der Waals surface area (Å²) in [6, 6.07) is 3.97. The van der Waals surface area contributed by atoms with Crippen LogP contribution in [0.5, 0.6) is 11.5 Å². The van der Waals surface area contributed by atoms with Gasteiger partial charge in [-0.2, -0.15) is 0 Å². The molecule has 0 bridgehead atoms. The Balaban J connectivity index is 2.25. The van der Waals surface area contributed by atoms with Gasteiger partial charge in [0.2, 0.25) is 0 Å². The highest BCUT2D eigenvalue weighted by Gasteiger charge is 2.28. The molecule has 1 aromatic carbocycles. The number of ether oxygens (including phenoxy) is 2. The number of hydrogen-bond acceptors (Lipinski definition) is 2. The molecular formula is C16H22BrClO2. The van der Waals surface area contributed by atoms with Crippen molar-refractivity contribution >= 4 is 27.5 Å². The summed E-state index contributed by atoms with van der Waals surface area (Å²) < 4.78 is 10.8. The Morgan fingerprint density at radius 3 is 2.35 bits per heavy atom. The highest BCUT2D eigenvalue weighted by molar-refractivity contribution is 9.09. The third-order valence-corrected chi connectivity index (χ3v) is 5.89. The maximum atomic E-state index is 6.35. The number of hydrogen-bond donors (Lipinski definition) is 0. The molecule has 112 valence electrons. The lowest BCUT2D eigenvalue weighted by Crippen LogP contribution is -2.16. The Morgan fingerprint density at radius 2 is 1.80 bits per heavy atom. The Bertz CT molecular complexity index is 456. The van der Waals surface area contributed by atoms with Gasteiger partial charge in [0.05, 0.1) is 14.2 Å². The molecular weight excluding hydrogens is 340 g/mol. The van der Waals surface area contributed by atoms with Crippen LogP contribution in [0.1, 0.15) is 43.0 Å². The van der Waals surface area contributed by atoms with Gasteiger partial charge < -0.3 is 9.47 Å². The van der Waals surface area contributed by atoms with Gasteiger partial charge in [-0.3, -0.25) is 0 Å². The van der Waals surface area contributed by atoms with Crippen molar-refractivity contribution in [3.05, 3.63) is 22.7 Å². The summed E-state index contributed by atoms with van der Waals surface area (Å²) in [5.74, 6) is 2.88. The van der Waals surface area contributed by atoms with Crippen LogP contribution in [0.4, 0.5) is 0 Å². The predicted molar refractivity (Wildman–Crippen MR) is 87.3 cm³/mol. The van der Waals surface area contributed by atoms with Crippen LogP contribution in [0.3, 0.4) is 0 Å². The first kappa shape index (κ1) is 16.0. The van der Waals surface area contributed by atoms with E-state index in [1.165, 1.54) is 25.7 Å². The third kappa shape index (κ3) is 3.25. The van der Waals surface area contributed by atoms with Gasteiger partial charge >= 0.3 is 0 Å². The van der Waals surface area contributed by atoms with Crippen molar-refractivity contribution in [2.24, 2.45) is 11.8 Å². The minimum Gasteiger partial charge on any atom is -0.495 e. The molecule has 0 radical (unpaired) electrons. The van der Waals surface area contributed by atoms with Crippen molar-refractivity contribution in [1.82, 2.24) is 0 Å². The van der Waals surface area contributed by atoms with Crippen LogP contribution in [0.2, 0.25) is 5.02 Å². The smallest absolute Gasteiger partial charge is 0.145 e. The molecule has 1 aliphatic rings. The average molecular weight is 362 g/mol. The average Bonchev–Trinajstić information content (AvgIpc) is 2.47. The second-order valence-electron chi connectivity index (χ2n) is 5.63. The molecule has 0 N–H and O–H groups in total. The van der Waals surface area contributed by atoms with Gasteiger partial charge in [0.1, 0.15) is 16.5 Å². The van der Waals surface area contributed by atoms with Gasteiger partial charge in [-0.1, -0.05) is 53.4 Å². The summed E-state index contributed by atoms with van der Waals surface area (Å²) in [7, 11) is 3.28. The molecule has 2 rings (SSSR count). The van der Waals surface area contributed by atoms with E-state index in [-0.39, 0.29) is 4.83 Å². The predicted octanol–water partition coefficient (Wildman–Crippen LogP) is 5.62. The first-order chi connectivity index (χ1) is 9.58. The molecule has 1 aromatic rings. The van der Waals surface area contributed by atoms with E-state index in [0.29, 0.717) is 16.7 Å². The number of rotatable bonds is 4. The van der Waals surface area contributed by atoms with Crippen LogP contribution in [0.25, 0.3) is 0 Å². The molecule has 1 saturated carbocycles. The zero-order valence-electron chi connectivity index (χ0n) is 12.3. The third-order valence-electron chi connectivity index (χ3n) is 4.29. The molecule has 1 unspecified atom stereocenters. The van der Waals surface area contributed by atoms with Crippen LogP contribution in [-0.2, 0) is 0 Å². The normalized spacial score (nSPS) is 24.2. The Hall–Kier alpha value is -0.410. The summed E-state index contributed by atoms with van der Waals surface area (Å²) in [5.41, 5.74) is 1.12. The Morgan fingerprint density at radius 1 is 1.15 bits per heavy atom. The minimum atomic E-state index is 0.286. The van der Waals surface area contributed by atoms with Crippen LogP contribution in [0, 0.1) is 11.8 Å². The fourth-order valence-corrected chi connectivity index (χ4v) is 4.18. The van der Waals surface area contributed by atoms with E-state index in [1.54, 1.807) is 14.2 Å². The molecule has 1 atom stereocenters. The number of alkyl halides is 1. The van der Waals surface area contributed by atoms with Gasteiger partial charge in [0, 0.05) is 10.4 Å². The minimum absolute atomic E-state index is 0.286. The lowest BCUT2D eigenvalue weighted by atomic mass is 9.80. The topological polar surface area (TPSA) is 18.5 Å². The van der Waals surface area contributed by atoms with Gasteiger partial charge in [0.15, 0.2) is 0 Å². The SMILES string of the molecule is COc1ccc(C(Br)C2CCC(C)CC2)c(OC)c1Cl. The van der Waals surface area contributed by atoms with Crippen molar-refractivity contribution in [2.45, 2.75) is 37.4 Å². The fourth-order valence-electron chi connectivity index (χ4n) is 2.97. The van der Waals surface area contributed by atoms with Gasteiger partial charge in [0.25, 0.3) is 0 Å². The first-order valence-corrected chi connectivity index (χ1v) is 8.42. The van der Waals surface area contributed by atoms with E-state index in [9.17, 15) is 0 Å². The Labute approximate surface area is 134 Å². The molecule has 0 saturated heterocycles. The molecule has 0 amide bonds. The van der Waals surface area contributed by atoms with Gasteiger partial charge in [-0.15, -0.1) is 0 Å². The van der Waals surface area contributed by atoms with E-state index in [0.717, 1.165) is 17.2 Å². The van der Waals surface area contributed by atoms with Gasteiger partial charge in [-0.05, 0) is 30.7 Å². The second-order valence-corrected chi connectivity index (χ2v) is 6.99. The summed E-state index contributed by atoms with van der Waals surface area (Å²) in [6.45, 7) is 2.34. The van der Waals surface area contributed by atoms with E-state index >= 15 is 0 Å². The Kier molecular flexibility index (Phi) is 5.62. The summed E-state index contributed by atoms with van der Waals surface area (Å²) >= 11 is 10.2. The van der Waals surface area contributed by atoms with Crippen molar-refractivity contribution in [3.63, 3.8) is 0 Å². The van der Waals surface area contributed by atoms with Crippen LogP contribution in [0.15, 0.2) is 12.1 Å². The molecule has 0 spiro atoms.